The zero-order valence-corrected chi connectivity index (χ0v) is 9.65. The summed E-state index contributed by atoms with van der Waals surface area (Å²) in [5.41, 5.74) is 0.619. The van der Waals surface area contributed by atoms with Gasteiger partial charge < -0.3 is 0 Å². The molecule has 0 aliphatic heterocycles. The average molecular weight is 178 g/mol. The van der Waals surface area contributed by atoms with Crippen LogP contribution in [0.5, 0.6) is 0 Å². The van der Waals surface area contributed by atoms with Gasteiger partial charge >= 0.3 is 0 Å². The van der Waals surface area contributed by atoms with Crippen LogP contribution in [0.1, 0.15) is 47.5 Å². The van der Waals surface area contributed by atoms with E-state index in [9.17, 15) is 0 Å². The summed E-state index contributed by atoms with van der Waals surface area (Å²) in [5.74, 6) is 2.55. The molecular formula is C13H22. The lowest BCUT2D eigenvalue weighted by Crippen LogP contribution is -2.20. The summed E-state index contributed by atoms with van der Waals surface area (Å²) in [6, 6.07) is 0. The first-order valence-corrected chi connectivity index (χ1v) is 4.97. The van der Waals surface area contributed by atoms with Crippen molar-refractivity contribution in [1.29, 1.82) is 0 Å². The van der Waals surface area contributed by atoms with Crippen molar-refractivity contribution >= 4 is 0 Å². The largest absolute Gasteiger partial charge is 0.115 e. The highest BCUT2D eigenvalue weighted by atomic mass is 14.3. The molecule has 0 aromatic carbocycles. The van der Waals surface area contributed by atoms with Gasteiger partial charge in [-0.2, -0.15) is 0 Å². The molecule has 0 bridgehead atoms. The molecule has 0 atom stereocenters. The van der Waals surface area contributed by atoms with Crippen molar-refractivity contribution in [2.75, 3.05) is 0 Å². The molecule has 0 saturated heterocycles. The van der Waals surface area contributed by atoms with Crippen molar-refractivity contribution in [3.8, 4) is 12.3 Å². The van der Waals surface area contributed by atoms with E-state index >= 15 is 0 Å². The van der Waals surface area contributed by atoms with Gasteiger partial charge in [-0.25, -0.2) is 0 Å². The number of hydrogen-bond donors (Lipinski definition) is 0. The van der Waals surface area contributed by atoms with Gasteiger partial charge in [-0.1, -0.05) is 53.0 Å². The van der Waals surface area contributed by atoms with E-state index in [-0.39, 0.29) is 5.41 Å². The minimum atomic E-state index is 0.214. The topological polar surface area (TPSA) is 0 Å². The highest BCUT2D eigenvalue weighted by Crippen LogP contribution is 2.36. The molecule has 0 N–H and O–H groups in total. The molecular weight excluding hydrogens is 156 g/mol. The van der Waals surface area contributed by atoms with Crippen molar-refractivity contribution < 1.29 is 0 Å². The van der Waals surface area contributed by atoms with Gasteiger partial charge in [0, 0.05) is 0 Å². The van der Waals surface area contributed by atoms with Gasteiger partial charge in [0.2, 0.25) is 0 Å². The van der Waals surface area contributed by atoms with Crippen molar-refractivity contribution in [2.45, 2.75) is 47.5 Å². The van der Waals surface area contributed by atoms with E-state index in [0.29, 0.717) is 5.41 Å². The van der Waals surface area contributed by atoms with E-state index in [4.69, 9.17) is 6.42 Å². The quantitative estimate of drug-likeness (QED) is 0.570. The maximum Gasteiger partial charge on any atom is -0.0156 e. The molecule has 0 heteroatoms. The summed E-state index contributed by atoms with van der Waals surface area (Å²) in [7, 11) is 0. The maximum atomic E-state index is 5.20. The predicted molar refractivity (Wildman–Crippen MR) is 60.4 cm³/mol. The third-order valence-corrected chi connectivity index (χ3v) is 2.52. The van der Waals surface area contributed by atoms with Crippen LogP contribution in [0.15, 0.2) is 12.2 Å². The smallest absolute Gasteiger partial charge is 0.0156 e. The van der Waals surface area contributed by atoms with Crippen LogP contribution in [0.25, 0.3) is 0 Å². The second kappa shape index (κ2) is 4.51. The molecule has 13 heavy (non-hydrogen) atoms. The first-order chi connectivity index (χ1) is 5.83. The van der Waals surface area contributed by atoms with Crippen LogP contribution in [0.3, 0.4) is 0 Å². The standard InChI is InChI=1S/C13H22/c1-7-9-10-13(5,6)11-12(3,4)8-2/h1,9-10H,8,11H2,2-6H3/b10-9-. The normalized spacial score (nSPS) is 13.2. The lowest BCUT2D eigenvalue weighted by Gasteiger charge is -2.32. The van der Waals surface area contributed by atoms with Crippen LogP contribution in [0.2, 0.25) is 0 Å². The van der Waals surface area contributed by atoms with E-state index in [2.05, 4.69) is 46.6 Å². The van der Waals surface area contributed by atoms with E-state index in [0.717, 1.165) is 0 Å². The molecule has 74 valence electrons. The van der Waals surface area contributed by atoms with E-state index in [1.165, 1.54) is 12.8 Å². The summed E-state index contributed by atoms with van der Waals surface area (Å²) in [4.78, 5) is 0. The molecule has 0 aliphatic carbocycles. The summed E-state index contributed by atoms with van der Waals surface area (Å²) in [6.45, 7) is 11.3. The Morgan fingerprint density at radius 3 is 2.15 bits per heavy atom. The van der Waals surface area contributed by atoms with Gasteiger partial charge in [-0.15, -0.1) is 6.42 Å². The molecule has 0 amide bonds. The Balaban J connectivity index is 4.34. The summed E-state index contributed by atoms with van der Waals surface area (Å²) >= 11 is 0. The average Bonchev–Trinajstić information content (AvgIpc) is 1.99. The van der Waals surface area contributed by atoms with Gasteiger partial charge in [0.05, 0.1) is 0 Å². The monoisotopic (exact) mass is 178 g/mol. The molecule has 0 saturated carbocycles. The first kappa shape index (κ1) is 12.3. The fraction of sp³-hybridized carbons (Fsp3) is 0.692. The fourth-order valence-electron chi connectivity index (χ4n) is 1.69. The lowest BCUT2D eigenvalue weighted by molar-refractivity contribution is 0.230. The Labute approximate surface area is 83.4 Å². The first-order valence-electron chi connectivity index (χ1n) is 4.97. The third kappa shape index (κ3) is 5.53. The highest BCUT2D eigenvalue weighted by Gasteiger charge is 2.24. The predicted octanol–water partition coefficient (Wildman–Crippen LogP) is 4.03. The summed E-state index contributed by atoms with van der Waals surface area (Å²) in [5, 5.41) is 0. The molecule has 0 aromatic rings. The number of hydrogen-bond acceptors (Lipinski definition) is 0. The van der Waals surface area contributed by atoms with Crippen molar-refractivity contribution in [1.82, 2.24) is 0 Å². The minimum absolute atomic E-state index is 0.214. The molecule has 0 rings (SSSR count). The van der Waals surface area contributed by atoms with E-state index in [1.807, 2.05) is 6.08 Å². The van der Waals surface area contributed by atoms with E-state index in [1.54, 1.807) is 0 Å². The second-order valence-corrected chi connectivity index (χ2v) is 5.18. The van der Waals surface area contributed by atoms with Crippen LogP contribution >= 0.6 is 0 Å². The zero-order chi connectivity index (χ0) is 10.5. The highest BCUT2D eigenvalue weighted by molar-refractivity contribution is 5.12. The second-order valence-electron chi connectivity index (χ2n) is 5.18. The van der Waals surface area contributed by atoms with Gasteiger partial charge in [0.1, 0.15) is 0 Å². The fourth-order valence-corrected chi connectivity index (χ4v) is 1.69. The van der Waals surface area contributed by atoms with Crippen LogP contribution in [-0.2, 0) is 0 Å². The lowest BCUT2D eigenvalue weighted by atomic mass is 9.73. The zero-order valence-electron chi connectivity index (χ0n) is 9.65. The maximum absolute atomic E-state index is 5.20. The van der Waals surface area contributed by atoms with E-state index < -0.39 is 0 Å². The van der Waals surface area contributed by atoms with Crippen LogP contribution < -0.4 is 0 Å². The molecule has 0 heterocycles. The number of terminal acetylenes is 1. The molecule has 0 spiro atoms. The number of rotatable bonds is 4. The summed E-state index contributed by atoms with van der Waals surface area (Å²) in [6.07, 6.45) is 11.5. The molecule has 0 aliphatic rings. The molecule has 0 radical (unpaired) electrons. The molecule has 0 nitrogen and oxygen atoms in total. The van der Waals surface area contributed by atoms with Crippen molar-refractivity contribution in [2.24, 2.45) is 10.8 Å². The van der Waals surface area contributed by atoms with Gasteiger partial charge in [-0.05, 0) is 23.3 Å². The minimum Gasteiger partial charge on any atom is -0.115 e. The van der Waals surface area contributed by atoms with Crippen molar-refractivity contribution in [3.63, 3.8) is 0 Å². The summed E-state index contributed by atoms with van der Waals surface area (Å²) < 4.78 is 0. The van der Waals surface area contributed by atoms with Gasteiger partial charge in [0.25, 0.3) is 0 Å². The van der Waals surface area contributed by atoms with Crippen molar-refractivity contribution in [3.05, 3.63) is 12.2 Å². The Morgan fingerprint density at radius 1 is 1.23 bits per heavy atom. The molecule has 0 aromatic heterocycles. The number of allylic oxidation sites excluding steroid dienone is 2. The van der Waals surface area contributed by atoms with Crippen LogP contribution in [0.4, 0.5) is 0 Å². The Kier molecular flexibility index (Phi) is 4.27. The van der Waals surface area contributed by atoms with Crippen LogP contribution in [-0.4, -0.2) is 0 Å². The molecule has 0 fully saturated rings. The SMILES string of the molecule is C#C/C=C\C(C)(C)CC(C)(C)CC. The molecule has 0 unspecified atom stereocenters. The van der Waals surface area contributed by atoms with Gasteiger partial charge in [0.15, 0.2) is 0 Å². The van der Waals surface area contributed by atoms with Gasteiger partial charge in [-0.3, -0.25) is 0 Å². The Hall–Kier alpha value is -0.700. The third-order valence-electron chi connectivity index (χ3n) is 2.52. The Morgan fingerprint density at radius 2 is 1.77 bits per heavy atom. The van der Waals surface area contributed by atoms with Crippen LogP contribution in [0, 0.1) is 23.2 Å². The Bertz CT molecular complexity index is 211.